The molecular weight excluding hydrogens is 186 g/mol. The second-order valence-corrected chi connectivity index (χ2v) is 3.66. The molecule has 1 aromatic carbocycles. The van der Waals surface area contributed by atoms with E-state index in [-0.39, 0.29) is 6.42 Å². The maximum absolute atomic E-state index is 10.8. The van der Waals surface area contributed by atoms with Crippen molar-refractivity contribution in [3.8, 4) is 6.07 Å². The van der Waals surface area contributed by atoms with Crippen molar-refractivity contribution in [1.29, 1.82) is 5.26 Å². The van der Waals surface area contributed by atoms with Gasteiger partial charge in [0.15, 0.2) is 11.1 Å². The molecule has 3 nitrogen and oxygen atoms in total. The Hall–Kier alpha value is -1.18. The Bertz CT molecular complexity index is 331. The topological polar surface area (TPSA) is 61.1 Å². The highest BCUT2D eigenvalue weighted by Crippen LogP contribution is 2.21. The van der Waals surface area contributed by atoms with Gasteiger partial charge in [0, 0.05) is 0 Å². The summed E-state index contributed by atoms with van der Waals surface area (Å²) in [5.41, 5.74) is 0.727. The molecule has 0 aliphatic heterocycles. The fourth-order valence-corrected chi connectivity index (χ4v) is 1.66. The largest absolute Gasteiger partial charge is 0.306 e. The summed E-state index contributed by atoms with van der Waals surface area (Å²) in [4.78, 5) is 0. The van der Waals surface area contributed by atoms with Crippen LogP contribution < -0.4 is 0 Å². The SMILES string of the molecule is N#CCC(c1ccccc1)S(=O)O. The summed E-state index contributed by atoms with van der Waals surface area (Å²) in [7, 11) is 0. The number of rotatable bonds is 3. The molecule has 0 aromatic heterocycles. The summed E-state index contributed by atoms with van der Waals surface area (Å²) in [6.45, 7) is 0. The minimum absolute atomic E-state index is 0.0626. The van der Waals surface area contributed by atoms with Crippen LogP contribution in [-0.2, 0) is 11.1 Å². The van der Waals surface area contributed by atoms with E-state index in [9.17, 15) is 4.21 Å². The molecule has 0 bridgehead atoms. The third kappa shape index (κ3) is 2.65. The van der Waals surface area contributed by atoms with E-state index < -0.39 is 16.3 Å². The van der Waals surface area contributed by atoms with Crippen molar-refractivity contribution in [2.24, 2.45) is 0 Å². The van der Waals surface area contributed by atoms with Crippen molar-refractivity contribution in [2.45, 2.75) is 11.7 Å². The van der Waals surface area contributed by atoms with Gasteiger partial charge in [-0.2, -0.15) is 5.26 Å². The van der Waals surface area contributed by atoms with Crippen LogP contribution >= 0.6 is 0 Å². The lowest BCUT2D eigenvalue weighted by Crippen LogP contribution is -2.04. The van der Waals surface area contributed by atoms with Gasteiger partial charge in [-0.1, -0.05) is 30.3 Å². The molecule has 0 aliphatic carbocycles. The number of hydrogen-bond acceptors (Lipinski definition) is 2. The van der Waals surface area contributed by atoms with E-state index in [0.29, 0.717) is 0 Å². The zero-order valence-electron chi connectivity index (χ0n) is 6.88. The number of nitriles is 1. The van der Waals surface area contributed by atoms with Crippen LogP contribution in [0.3, 0.4) is 0 Å². The van der Waals surface area contributed by atoms with E-state index in [4.69, 9.17) is 9.81 Å². The van der Waals surface area contributed by atoms with Crippen molar-refractivity contribution >= 4 is 11.1 Å². The molecule has 0 saturated heterocycles. The van der Waals surface area contributed by atoms with Crippen molar-refractivity contribution in [3.63, 3.8) is 0 Å². The van der Waals surface area contributed by atoms with E-state index in [2.05, 4.69) is 0 Å². The molecule has 0 saturated carbocycles. The second kappa shape index (κ2) is 4.75. The molecule has 1 N–H and O–H groups in total. The molecule has 0 fully saturated rings. The van der Waals surface area contributed by atoms with Crippen LogP contribution in [0.2, 0.25) is 0 Å². The highest BCUT2D eigenvalue weighted by atomic mass is 32.2. The fraction of sp³-hybridized carbons (Fsp3) is 0.222. The van der Waals surface area contributed by atoms with Gasteiger partial charge in [0.1, 0.15) is 0 Å². The molecule has 2 unspecified atom stereocenters. The minimum atomic E-state index is -1.98. The fourth-order valence-electron chi connectivity index (χ4n) is 1.06. The van der Waals surface area contributed by atoms with Gasteiger partial charge in [-0.3, -0.25) is 0 Å². The van der Waals surface area contributed by atoms with E-state index >= 15 is 0 Å². The molecule has 4 heteroatoms. The maximum atomic E-state index is 10.8. The zero-order valence-corrected chi connectivity index (χ0v) is 7.70. The molecule has 0 radical (unpaired) electrons. The van der Waals surface area contributed by atoms with Gasteiger partial charge in [0.25, 0.3) is 0 Å². The number of nitrogens with zero attached hydrogens (tertiary/aromatic N) is 1. The summed E-state index contributed by atoms with van der Waals surface area (Å²) >= 11 is -1.98. The summed E-state index contributed by atoms with van der Waals surface area (Å²) in [5.74, 6) is 0. The number of hydrogen-bond donors (Lipinski definition) is 1. The summed E-state index contributed by atoms with van der Waals surface area (Å²) in [5, 5.41) is 7.86. The first-order valence-corrected chi connectivity index (χ1v) is 4.94. The normalized spacial score (nSPS) is 14.5. The van der Waals surface area contributed by atoms with Crippen LogP contribution in [0.5, 0.6) is 0 Å². The van der Waals surface area contributed by atoms with Gasteiger partial charge in [-0.25, -0.2) is 4.21 Å². The lowest BCUT2D eigenvalue weighted by atomic mass is 10.1. The maximum Gasteiger partial charge on any atom is 0.161 e. The van der Waals surface area contributed by atoms with E-state index in [0.717, 1.165) is 5.56 Å². The monoisotopic (exact) mass is 195 g/mol. The molecule has 1 rings (SSSR count). The Balaban J connectivity index is 2.90. The predicted molar refractivity (Wildman–Crippen MR) is 50.2 cm³/mol. The first kappa shape index (κ1) is 9.90. The first-order chi connectivity index (χ1) is 6.25. The average Bonchev–Trinajstić information content (AvgIpc) is 2.15. The lowest BCUT2D eigenvalue weighted by molar-refractivity contribution is 0.550. The van der Waals surface area contributed by atoms with E-state index in [1.807, 2.05) is 12.1 Å². The van der Waals surface area contributed by atoms with Gasteiger partial charge >= 0.3 is 0 Å². The molecule has 2 atom stereocenters. The van der Waals surface area contributed by atoms with Crippen molar-refractivity contribution in [3.05, 3.63) is 35.9 Å². The molecule has 13 heavy (non-hydrogen) atoms. The van der Waals surface area contributed by atoms with Gasteiger partial charge in [-0.05, 0) is 5.56 Å². The second-order valence-electron chi connectivity index (χ2n) is 2.54. The van der Waals surface area contributed by atoms with Crippen LogP contribution in [0.1, 0.15) is 17.2 Å². The lowest BCUT2D eigenvalue weighted by Gasteiger charge is -2.08. The van der Waals surface area contributed by atoms with Crippen LogP contribution in [0.15, 0.2) is 30.3 Å². The molecule has 0 heterocycles. The van der Waals surface area contributed by atoms with Crippen molar-refractivity contribution < 1.29 is 8.76 Å². The third-order valence-electron chi connectivity index (χ3n) is 1.69. The summed E-state index contributed by atoms with van der Waals surface area (Å²) in [6.07, 6.45) is 0.0626. The van der Waals surface area contributed by atoms with Crippen LogP contribution in [0.25, 0.3) is 0 Å². The molecule has 0 amide bonds. The summed E-state index contributed by atoms with van der Waals surface area (Å²) in [6, 6.07) is 10.8. The van der Waals surface area contributed by atoms with Crippen molar-refractivity contribution in [1.82, 2.24) is 0 Å². The quantitative estimate of drug-likeness (QED) is 0.749. The smallest absolute Gasteiger partial charge is 0.161 e. The van der Waals surface area contributed by atoms with Gasteiger partial charge < -0.3 is 4.55 Å². The van der Waals surface area contributed by atoms with Gasteiger partial charge in [-0.15, -0.1) is 0 Å². The molecule has 68 valence electrons. The first-order valence-electron chi connectivity index (χ1n) is 3.77. The molecule has 1 aromatic rings. The Labute approximate surface area is 79.3 Å². The standard InChI is InChI=1S/C9H9NO2S/c10-7-6-9(13(11)12)8-4-2-1-3-5-8/h1-5,9H,6H2,(H,11,12). The van der Waals surface area contributed by atoms with Crippen LogP contribution in [0, 0.1) is 11.3 Å². The summed E-state index contributed by atoms with van der Waals surface area (Å²) < 4.78 is 19.8. The Kier molecular flexibility index (Phi) is 3.62. The molecule has 0 aliphatic rings. The van der Waals surface area contributed by atoms with Crippen molar-refractivity contribution in [2.75, 3.05) is 0 Å². The van der Waals surface area contributed by atoms with Crippen LogP contribution in [0.4, 0.5) is 0 Å². The predicted octanol–water partition coefficient (Wildman–Crippen LogP) is 1.86. The van der Waals surface area contributed by atoms with Crippen LogP contribution in [-0.4, -0.2) is 8.76 Å². The zero-order chi connectivity index (χ0) is 9.68. The third-order valence-corrected chi connectivity index (χ3v) is 2.62. The van der Waals surface area contributed by atoms with Gasteiger partial charge in [0.2, 0.25) is 0 Å². The number of benzene rings is 1. The minimum Gasteiger partial charge on any atom is -0.306 e. The molecular formula is C9H9NO2S. The van der Waals surface area contributed by atoms with E-state index in [1.54, 1.807) is 24.3 Å². The Morgan fingerprint density at radius 2 is 2.08 bits per heavy atom. The highest BCUT2D eigenvalue weighted by molar-refractivity contribution is 7.79. The van der Waals surface area contributed by atoms with E-state index in [1.165, 1.54) is 0 Å². The Morgan fingerprint density at radius 3 is 2.54 bits per heavy atom. The highest BCUT2D eigenvalue weighted by Gasteiger charge is 2.16. The Morgan fingerprint density at radius 1 is 1.46 bits per heavy atom. The average molecular weight is 195 g/mol. The molecule has 0 spiro atoms. The van der Waals surface area contributed by atoms with Gasteiger partial charge in [0.05, 0.1) is 17.7 Å².